The highest BCUT2D eigenvalue weighted by Gasteiger charge is 2.03. The highest BCUT2D eigenvalue weighted by molar-refractivity contribution is 5.84. The summed E-state index contributed by atoms with van der Waals surface area (Å²) in [5.41, 5.74) is -0.0648. The second-order valence-corrected chi connectivity index (χ2v) is 11.0. The monoisotopic (exact) mass is 521 g/mol. The van der Waals surface area contributed by atoms with E-state index in [4.69, 9.17) is 5.11 Å². The summed E-state index contributed by atoms with van der Waals surface area (Å²) < 4.78 is 4.24. The zero-order valence-electron chi connectivity index (χ0n) is 25.0. The fourth-order valence-corrected chi connectivity index (χ4v) is 4.89. The molecular weight excluding hydrogens is 458 g/mol. The number of aromatic carboxylic acids is 1. The van der Waals surface area contributed by atoms with Crippen molar-refractivity contribution in [1.82, 2.24) is 5.16 Å². The van der Waals surface area contributed by atoms with Gasteiger partial charge in [-0.15, -0.1) is 0 Å². The summed E-state index contributed by atoms with van der Waals surface area (Å²) in [4.78, 5) is 9.94. The van der Waals surface area contributed by atoms with Crippen LogP contribution in [0.1, 0.15) is 198 Å². The number of unbranched alkanes of at least 4 members (excludes halogenated alkanes) is 26. The third-order valence-electron chi connectivity index (χ3n) is 7.36. The van der Waals surface area contributed by atoms with Gasteiger partial charge in [0.15, 0.2) is 5.69 Å². The predicted molar refractivity (Wildman–Crippen MR) is 159 cm³/mol. The van der Waals surface area contributed by atoms with E-state index in [9.17, 15) is 4.79 Å². The van der Waals surface area contributed by atoms with E-state index in [2.05, 4.69) is 23.5 Å². The van der Waals surface area contributed by atoms with Crippen LogP contribution >= 0.6 is 0 Å². The van der Waals surface area contributed by atoms with Crippen LogP contribution in [0, 0.1) is 0 Å². The molecule has 0 aromatic carbocycles. The van der Waals surface area contributed by atoms with Crippen molar-refractivity contribution in [2.24, 2.45) is 0 Å². The van der Waals surface area contributed by atoms with Gasteiger partial charge in [0.05, 0.1) is 0 Å². The molecule has 0 saturated carbocycles. The SMILES string of the molecule is CCCCCCCCCCCCCCCCCCCCCCCCCCCCC.O=C(O)c1ccon1. The molecule has 0 spiro atoms. The summed E-state index contributed by atoms with van der Waals surface area (Å²) in [6, 6.07) is 1.28. The molecule has 0 bridgehead atoms. The van der Waals surface area contributed by atoms with Gasteiger partial charge in [-0.2, -0.15) is 0 Å². The lowest BCUT2D eigenvalue weighted by Crippen LogP contribution is -1.94. The van der Waals surface area contributed by atoms with Crippen molar-refractivity contribution in [3.8, 4) is 0 Å². The van der Waals surface area contributed by atoms with E-state index < -0.39 is 5.97 Å². The van der Waals surface area contributed by atoms with Crippen LogP contribution in [0.3, 0.4) is 0 Å². The van der Waals surface area contributed by atoms with Crippen LogP contribution in [0.25, 0.3) is 0 Å². The largest absolute Gasteiger partial charge is 0.476 e. The zero-order valence-corrected chi connectivity index (χ0v) is 25.0. The smallest absolute Gasteiger partial charge is 0.358 e. The average Bonchev–Trinajstić information content (AvgIpc) is 3.45. The highest BCUT2D eigenvalue weighted by Crippen LogP contribution is 2.16. The molecule has 0 aliphatic rings. The Kier molecular flexibility index (Phi) is 29.8. The molecule has 0 amide bonds. The first kappa shape index (κ1) is 35.7. The number of hydrogen-bond acceptors (Lipinski definition) is 3. The molecule has 4 nitrogen and oxygen atoms in total. The lowest BCUT2D eigenvalue weighted by Gasteiger charge is -2.04. The van der Waals surface area contributed by atoms with Gasteiger partial charge in [-0.1, -0.05) is 192 Å². The summed E-state index contributed by atoms with van der Waals surface area (Å²) in [6.07, 6.45) is 41.1. The van der Waals surface area contributed by atoms with E-state index in [0.29, 0.717) is 0 Å². The fraction of sp³-hybridized carbons (Fsp3) is 0.879. The van der Waals surface area contributed by atoms with Crippen LogP contribution < -0.4 is 0 Å². The molecule has 1 aromatic heterocycles. The summed E-state index contributed by atoms with van der Waals surface area (Å²) in [5, 5.41) is 11.3. The summed E-state index contributed by atoms with van der Waals surface area (Å²) in [5.74, 6) is -1.07. The third kappa shape index (κ3) is 29.1. The minimum absolute atomic E-state index is 0.0648. The number of hydrogen-bond donors (Lipinski definition) is 1. The molecule has 1 rings (SSSR count). The Bertz CT molecular complexity index is 518. The van der Waals surface area contributed by atoms with Gasteiger partial charge in [0.25, 0.3) is 0 Å². The van der Waals surface area contributed by atoms with Gasteiger partial charge in [-0.25, -0.2) is 4.79 Å². The first-order valence-corrected chi connectivity index (χ1v) is 16.4. The minimum Gasteiger partial charge on any atom is -0.476 e. The van der Waals surface area contributed by atoms with Crippen molar-refractivity contribution in [3.63, 3.8) is 0 Å². The number of rotatable bonds is 27. The van der Waals surface area contributed by atoms with Crippen LogP contribution in [0.15, 0.2) is 16.9 Å². The van der Waals surface area contributed by atoms with Crippen LogP contribution in [0.2, 0.25) is 0 Å². The first-order chi connectivity index (χ1) is 18.2. The Morgan fingerprint density at radius 2 is 0.784 bits per heavy atom. The lowest BCUT2D eigenvalue weighted by atomic mass is 10.0. The standard InChI is InChI=1S/C29H60.C4H3NO3/c1-3-5-7-9-11-13-15-17-19-21-23-25-27-29-28-26-24-22-20-18-16-14-12-10-8-6-4-2;6-4(7)3-1-2-8-5-3/h3-29H2,1-2H3;1-2H,(H,6,7). The van der Waals surface area contributed by atoms with Crippen molar-refractivity contribution in [2.45, 2.75) is 187 Å². The normalized spacial score (nSPS) is 10.9. The molecule has 0 fully saturated rings. The molecule has 0 unspecified atom stereocenters. The van der Waals surface area contributed by atoms with E-state index >= 15 is 0 Å². The van der Waals surface area contributed by atoms with E-state index in [1.54, 1.807) is 0 Å². The predicted octanol–water partition coefficient (Wildman–Crippen LogP) is 11.9. The van der Waals surface area contributed by atoms with Crippen molar-refractivity contribution < 1.29 is 14.4 Å². The summed E-state index contributed by atoms with van der Waals surface area (Å²) >= 11 is 0. The van der Waals surface area contributed by atoms with Crippen molar-refractivity contribution >= 4 is 5.97 Å². The van der Waals surface area contributed by atoms with Gasteiger partial charge >= 0.3 is 5.97 Å². The Balaban J connectivity index is 0.00000136. The van der Waals surface area contributed by atoms with Crippen LogP contribution in [0.5, 0.6) is 0 Å². The summed E-state index contributed by atoms with van der Waals surface area (Å²) in [6.45, 7) is 4.61. The number of aromatic nitrogens is 1. The second-order valence-electron chi connectivity index (χ2n) is 11.0. The van der Waals surface area contributed by atoms with Crippen LogP contribution in [-0.4, -0.2) is 16.2 Å². The molecule has 0 aliphatic carbocycles. The number of carbonyl (C=O) groups is 1. The van der Waals surface area contributed by atoms with Crippen molar-refractivity contribution in [3.05, 3.63) is 18.0 Å². The minimum atomic E-state index is -1.07. The van der Waals surface area contributed by atoms with Crippen molar-refractivity contribution in [1.29, 1.82) is 0 Å². The molecule has 0 saturated heterocycles. The third-order valence-corrected chi connectivity index (χ3v) is 7.36. The maximum atomic E-state index is 9.94. The molecule has 4 heteroatoms. The van der Waals surface area contributed by atoms with Gasteiger partial charge in [-0.3, -0.25) is 0 Å². The maximum Gasteiger partial charge on any atom is 0.358 e. The Labute approximate surface area is 230 Å². The van der Waals surface area contributed by atoms with E-state index in [0.717, 1.165) is 0 Å². The Hall–Kier alpha value is -1.32. The average molecular weight is 522 g/mol. The van der Waals surface area contributed by atoms with E-state index in [1.807, 2.05) is 0 Å². The molecule has 1 N–H and O–H groups in total. The maximum absolute atomic E-state index is 9.94. The second kappa shape index (κ2) is 30.9. The van der Waals surface area contributed by atoms with E-state index in [1.165, 1.54) is 186 Å². The Morgan fingerprint density at radius 1 is 0.541 bits per heavy atom. The molecule has 0 radical (unpaired) electrons. The molecule has 0 atom stereocenters. The number of carboxylic acids is 1. The molecule has 1 heterocycles. The Morgan fingerprint density at radius 3 is 0.919 bits per heavy atom. The zero-order chi connectivity index (χ0) is 27.1. The van der Waals surface area contributed by atoms with Crippen LogP contribution in [0.4, 0.5) is 0 Å². The number of carboxylic acid groups (broad SMARTS) is 1. The molecule has 37 heavy (non-hydrogen) atoms. The van der Waals surface area contributed by atoms with Gasteiger partial charge < -0.3 is 9.63 Å². The molecule has 0 aliphatic heterocycles. The van der Waals surface area contributed by atoms with Crippen LogP contribution in [-0.2, 0) is 0 Å². The summed E-state index contributed by atoms with van der Waals surface area (Å²) in [7, 11) is 0. The number of nitrogens with zero attached hydrogens (tertiary/aromatic N) is 1. The molecular formula is C33H63NO3. The topological polar surface area (TPSA) is 63.3 Å². The van der Waals surface area contributed by atoms with Gasteiger partial charge in [-0.05, 0) is 0 Å². The van der Waals surface area contributed by atoms with Gasteiger partial charge in [0.1, 0.15) is 6.26 Å². The van der Waals surface area contributed by atoms with Gasteiger partial charge in [0.2, 0.25) is 0 Å². The van der Waals surface area contributed by atoms with Gasteiger partial charge in [0, 0.05) is 6.07 Å². The van der Waals surface area contributed by atoms with E-state index in [-0.39, 0.29) is 5.69 Å². The molecule has 1 aromatic rings. The van der Waals surface area contributed by atoms with Crippen molar-refractivity contribution in [2.75, 3.05) is 0 Å². The highest BCUT2D eigenvalue weighted by atomic mass is 16.5. The first-order valence-electron chi connectivity index (χ1n) is 16.4. The lowest BCUT2D eigenvalue weighted by molar-refractivity contribution is 0.0685. The quantitative estimate of drug-likeness (QED) is 0.117. The fourth-order valence-electron chi connectivity index (χ4n) is 4.89. The molecule has 218 valence electrons.